The molecule has 0 radical (unpaired) electrons. The van der Waals surface area contributed by atoms with E-state index in [2.05, 4.69) is 57.0 Å². The molecule has 1 N–H and O–H groups in total. The molecule has 0 fully saturated rings. The van der Waals surface area contributed by atoms with Crippen molar-refractivity contribution in [3.63, 3.8) is 0 Å². The van der Waals surface area contributed by atoms with Gasteiger partial charge in [-0.25, -0.2) is 5.43 Å². The Morgan fingerprint density at radius 3 is 2.43 bits per heavy atom. The third-order valence-corrected chi connectivity index (χ3v) is 6.73. The zero-order valence-corrected chi connectivity index (χ0v) is 22.2. The fraction of sp³-hybridized carbons (Fsp3) is 0.0968. The molecule has 1 amide bonds. The third-order valence-electron chi connectivity index (χ3n) is 6.23. The Kier molecular flexibility index (Phi) is 7.19. The van der Waals surface area contributed by atoms with Crippen molar-refractivity contribution in [2.45, 2.75) is 20.5 Å². The van der Waals surface area contributed by atoms with Gasteiger partial charge < -0.3 is 9.30 Å². The van der Waals surface area contributed by atoms with Gasteiger partial charge in [-0.05, 0) is 84.8 Å². The van der Waals surface area contributed by atoms with Crippen LogP contribution in [0.3, 0.4) is 0 Å². The molecule has 0 saturated heterocycles. The summed E-state index contributed by atoms with van der Waals surface area (Å²) in [6.45, 7) is 4.54. The maximum absolute atomic E-state index is 12.8. The number of benzene rings is 4. The second-order valence-electron chi connectivity index (χ2n) is 8.81. The Labute approximate surface area is 224 Å². The van der Waals surface area contributed by atoms with Crippen LogP contribution in [0.1, 0.15) is 32.9 Å². The van der Waals surface area contributed by atoms with Crippen LogP contribution in [0.4, 0.5) is 0 Å². The van der Waals surface area contributed by atoms with E-state index in [4.69, 9.17) is 4.74 Å². The molecule has 184 valence electrons. The van der Waals surface area contributed by atoms with Gasteiger partial charge in [0.25, 0.3) is 5.91 Å². The molecule has 0 spiro atoms. The molecular formula is C31H26BrN3O2. The summed E-state index contributed by atoms with van der Waals surface area (Å²) in [6, 6.07) is 31.7. The van der Waals surface area contributed by atoms with Crippen molar-refractivity contribution < 1.29 is 9.53 Å². The van der Waals surface area contributed by atoms with Crippen LogP contribution in [0, 0.1) is 13.8 Å². The number of aryl methyl sites for hydroxylation is 2. The van der Waals surface area contributed by atoms with E-state index in [1.165, 1.54) is 0 Å². The number of ether oxygens (including phenoxy) is 1. The number of carbonyl (C=O) groups is 1. The second kappa shape index (κ2) is 10.8. The Morgan fingerprint density at radius 2 is 1.68 bits per heavy atom. The van der Waals surface area contributed by atoms with Gasteiger partial charge in [-0.1, -0.05) is 58.4 Å². The summed E-state index contributed by atoms with van der Waals surface area (Å²) in [7, 11) is 0. The molecule has 1 aromatic heterocycles. The first-order valence-corrected chi connectivity index (χ1v) is 12.8. The summed E-state index contributed by atoms with van der Waals surface area (Å²) in [5, 5.41) is 6.34. The van der Waals surface area contributed by atoms with Gasteiger partial charge >= 0.3 is 0 Å². The third kappa shape index (κ3) is 5.49. The molecule has 6 heteroatoms. The summed E-state index contributed by atoms with van der Waals surface area (Å²) in [6.07, 6.45) is 1.65. The number of halogens is 1. The number of carbonyl (C=O) groups excluding carboxylic acids is 1. The quantitative estimate of drug-likeness (QED) is 0.170. The lowest BCUT2D eigenvalue weighted by molar-refractivity contribution is 0.0955. The first kappa shape index (κ1) is 24.5. The highest BCUT2D eigenvalue weighted by Crippen LogP contribution is 2.28. The van der Waals surface area contributed by atoms with Crippen molar-refractivity contribution >= 4 is 38.8 Å². The van der Waals surface area contributed by atoms with E-state index in [-0.39, 0.29) is 5.91 Å². The number of aromatic nitrogens is 1. The smallest absolute Gasteiger partial charge is 0.271 e. The number of hydrogen-bond donors (Lipinski definition) is 1. The molecule has 0 saturated carbocycles. The molecule has 0 aliphatic heterocycles. The molecule has 0 aliphatic rings. The van der Waals surface area contributed by atoms with Gasteiger partial charge in [-0.15, -0.1) is 0 Å². The Morgan fingerprint density at radius 1 is 0.919 bits per heavy atom. The summed E-state index contributed by atoms with van der Waals surface area (Å²) < 4.78 is 9.32. The molecule has 0 atom stereocenters. The Hall–Kier alpha value is -4.16. The predicted molar refractivity (Wildman–Crippen MR) is 153 cm³/mol. The fourth-order valence-corrected chi connectivity index (χ4v) is 4.83. The summed E-state index contributed by atoms with van der Waals surface area (Å²) in [4.78, 5) is 12.8. The maximum Gasteiger partial charge on any atom is 0.271 e. The lowest BCUT2D eigenvalue weighted by Gasteiger charge is -2.12. The number of amides is 1. The minimum atomic E-state index is -0.277. The molecule has 1 heterocycles. The lowest BCUT2D eigenvalue weighted by atomic mass is 10.0. The number of hydrogen-bond acceptors (Lipinski definition) is 3. The van der Waals surface area contributed by atoms with E-state index >= 15 is 0 Å². The van der Waals surface area contributed by atoms with Crippen molar-refractivity contribution in [1.29, 1.82) is 0 Å². The van der Waals surface area contributed by atoms with Gasteiger partial charge in [0.2, 0.25) is 0 Å². The monoisotopic (exact) mass is 551 g/mol. The fourth-order valence-electron chi connectivity index (χ4n) is 4.38. The summed E-state index contributed by atoms with van der Waals surface area (Å²) >= 11 is 3.50. The largest absolute Gasteiger partial charge is 0.488 e. The zero-order chi connectivity index (χ0) is 25.8. The van der Waals surface area contributed by atoms with Crippen LogP contribution < -0.4 is 10.2 Å². The van der Waals surface area contributed by atoms with E-state index < -0.39 is 0 Å². The van der Waals surface area contributed by atoms with Crippen molar-refractivity contribution in [3.05, 3.63) is 130 Å². The van der Waals surface area contributed by atoms with E-state index in [0.29, 0.717) is 17.9 Å². The van der Waals surface area contributed by atoms with Crippen molar-refractivity contribution in [2.24, 2.45) is 5.10 Å². The lowest BCUT2D eigenvalue weighted by Crippen LogP contribution is -2.17. The molecule has 5 aromatic rings. The van der Waals surface area contributed by atoms with Gasteiger partial charge in [0, 0.05) is 32.7 Å². The van der Waals surface area contributed by atoms with Gasteiger partial charge in [0.15, 0.2) is 0 Å². The molecule has 5 nitrogen and oxygen atoms in total. The first-order valence-electron chi connectivity index (χ1n) is 12.0. The predicted octanol–water partition coefficient (Wildman–Crippen LogP) is 7.35. The van der Waals surface area contributed by atoms with Gasteiger partial charge in [-0.3, -0.25) is 4.79 Å². The van der Waals surface area contributed by atoms with Crippen LogP contribution in [0.5, 0.6) is 5.75 Å². The summed E-state index contributed by atoms with van der Waals surface area (Å²) in [5.74, 6) is 0.416. The Bertz CT molecular complexity index is 1580. The van der Waals surface area contributed by atoms with Crippen LogP contribution in [0.15, 0.2) is 107 Å². The van der Waals surface area contributed by atoms with Gasteiger partial charge in [-0.2, -0.15) is 5.10 Å². The van der Waals surface area contributed by atoms with Crippen LogP contribution >= 0.6 is 15.9 Å². The first-order chi connectivity index (χ1) is 18.0. The number of nitrogens with one attached hydrogen (secondary N) is 1. The van der Waals surface area contributed by atoms with Crippen LogP contribution in [-0.4, -0.2) is 16.7 Å². The zero-order valence-electron chi connectivity index (χ0n) is 20.6. The molecule has 0 unspecified atom stereocenters. The van der Waals surface area contributed by atoms with Crippen molar-refractivity contribution in [3.8, 4) is 11.4 Å². The topological polar surface area (TPSA) is 55.6 Å². The SMILES string of the molecule is Cc1ccc(C)n1-c1ccc(C(=O)N/N=C/c2c(OCc3cccc(Br)c3)ccc3ccccc23)cc1. The molecule has 0 aliphatic carbocycles. The standard InChI is InChI=1S/C31H26BrN3O2/c1-21-10-11-22(2)35(21)27-15-12-25(13-16-27)31(36)34-33-19-29-28-9-4-3-7-24(28)14-17-30(29)37-20-23-6-5-8-26(32)18-23/h3-19H,20H2,1-2H3,(H,34,36)/b33-19+. The Balaban J connectivity index is 1.34. The number of rotatable bonds is 7. The molecular weight excluding hydrogens is 526 g/mol. The van der Waals surface area contributed by atoms with Crippen LogP contribution in [-0.2, 0) is 6.61 Å². The van der Waals surface area contributed by atoms with Crippen LogP contribution in [0.25, 0.3) is 16.5 Å². The average molecular weight is 552 g/mol. The highest BCUT2D eigenvalue weighted by molar-refractivity contribution is 9.10. The molecule has 37 heavy (non-hydrogen) atoms. The number of fused-ring (bicyclic) bond motifs is 1. The average Bonchev–Trinajstić information content (AvgIpc) is 3.25. The maximum atomic E-state index is 12.8. The molecule has 5 rings (SSSR count). The highest BCUT2D eigenvalue weighted by Gasteiger charge is 2.10. The minimum absolute atomic E-state index is 0.277. The summed E-state index contributed by atoms with van der Waals surface area (Å²) in [5.41, 5.74) is 8.36. The number of hydrazone groups is 1. The minimum Gasteiger partial charge on any atom is -0.488 e. The van der Waals surface area contributed by atoms with E-state index in [1.807, 2.05) is 84.9 Å². The second-order valence-corrected chi connectivity index (χ2v) is 9.73. The van der Waals surface area contributed by atoms with Gasteiger partial charge in [0.05, 0.1) is 6.21 Å². The van der Waals surface area contributed by atoms with E-state index in [1.54, 1.807) is 6.21 Å². The highest BCUT2D eigenvalue weighted by atomic mass is 79.9. The van der Waals surface area contributed by atoms with Crippen molar-refractivity contribution in [1.82, 2.24) is 9.99 Å². The van der Waals surface area contributed by atoms with Crippen LogP contribution in [0.2, 0.25) is 0 Å². The van der Waals surface area contributed by atoms with Gasteiger partial charge in [0.1, 0.15) is 12.4 Å². The molecule has 4 aromatic carbocycles. The normalized spacial score (nSPS) is 11.2. The van der Waals surface area contributed by atoms with E-state index in [9.17, 15) is 4.79 Å². The molecule has 0 bridgehead atoms. The van der Waals surface area contributed by atoms with Crippen molar-refractivity contribution in [2.75, 3.05) is 0 Å². The number of nitrogens with zero attached hydrogens (tertiary/aromatic N) is 2. The van der Waals surface area contributed by atoms with E-state index in [0.717, 1.165) is 43.4 Å².